The number of aromatic amines is 1. The van der Waals surface area contributed by atoms with Crippen molar-refractivity contribution in [3.63, 3.8) is 0 Å². The van der Waals surface area contributed by atoms with Crippen LogP contribution in [0.3, 0.4) is 0 Å². The van der Waals surface area contributed by atoms with Crippen molar-refractivity contribution in [2.24, 2.45) is 0 Å². The molecule has 15 heterocycles. The van der Waals surface area contributed by atoms with E-state index >= 15 is 0 Å². The average molecular weight is 1860 g/mol. The number of para-hydroxylation sites is 4. The molecular weight excluding hydrogens is 1760 g/mol. The number of aliphatic hydroxyl groups is 3. The van der Waals surface area contributed by atoms with Crippen LogP contribution in [0.1, 0.15) is 211 Å². The maximum absolute atomic E-state index is 13.8. The summed E-state index contributed by atoms with van der Waals surface area (Å²) in [6.45, 7) is 28.8. The summed E-state index contributed by atoms with van der Waals surface area (Å²) in [5, 5.41) is 30.2. The Bertz CT molecular complexity index is 7310. The zero-order chi connectivity index (χ0) is 96.8. The molecule has 0 amide bonds. The number of hydrogen-bond acceptors (Lipinski definition) is 23. The molecule has 0 atom stereocenters. The monoisotopic (exact) mass is 1860 g/mol. The first-order chi connectivity index (χ1) is 66.1. The number of benzene rings is 5. The third-order valence-electron chi connectivity index (χ3n) is 22.6. The molecule has 696 valence electrons. The highest BCUT2D eigenvalue weighted by atomic mass is 35.5. The summed E-state index contributed by atoms with van der Waals surface area (Å²) in [7, 11) is 0. The van der Waals surface area contributed by atoms with Crippen molar-refractivity contribution in [2.45, 2.75) is 165 Å². The predicted octanol–water partition coefficient (Wildman–Crippen LogP) is 26.6. The van der Waals surface area contributed by atoms with Crippen LogP contribution >= 0.6 is 11.6 Å². The number of allylic oxidation sites excluding steroid dienone is 1. The number of rotatable bonds is 17. The van der Waals surface area contributed by atoms with Crippen molar-refractivity contribution in [1.29, 1.82) is 0 Å². The van der Waals surface area contributed by atoms with E-state index in [1.54, 1.807) is 104 Å². The number of pyridine rings is 8. The Hall–Kier alpha value is -15.1. The molecule has 4 N–H and O–H groups in total. The van der Waals surface area contributed by atoms with Crippen LogP contribution in [-0.2, 0) is 26.2 Å². The Balaban J connectivity index is 0.000000121. The van der Waals surface area contributed by atoms with E-state index in [9.17, 15) is 32.9 Å². The topological polar surface area (TPSA) is 336 Å². The van der Waals surface area contributed by atoms with Gasteiger partial charge in [-0.25, -0.2) is 47.5 Å². The first kappa shape index (κ1) is 96.5. The van der Waals surface area contributed by atoms with Gasteiger partial charge in [0.2, 0.25) is 29.5 Å². The minimum atomic E-state index is -0.430. The first-order valence-corrected chi connectivity index (χ1v) is 45.3. The molecule has 0 bridgehead atoms. The molecule has 0 fully saturated rings. The molecule has 29 heteroatoms. The highest BCUT2D eigenvalue weighted by Gasteiger charge is 2.24. The van der Waals surface area contributed by atoms with E-state index in [1.807, 2.05) is 113 Å². The Morgan fingerprint density at radius 1 is 0.358 bits per heavy atom. The van der Waals surface area contributed by atoms with Gasteiger partial charge in [0.15, 0.2) is 56.7 Å². The van der Waals surface area contributed by atoms with Gasteiger partial charge >= 0.3 is 0 Å². The van der Waals surface area contributed by atoms with Crippen molar-refractivity contribution >= 4 is 89.9 Å². The number of aromatic nitrogens is 16. The van der Waals surface area contributed by atoms with Crippen molar-refractivity contribution in [2.75, 3.05) is 0 Å². The second kappa shape index (κ2) is 43.5. The summed E-state index contributed by atoms with van der Waals surface area (Å²) >= 11 is 6.17. The number of fused-ring (bicyclic) bond motifs is 7. The first-order valence-electron chi connectivity index (χ1n) is 44.9. The highest BCUT2D eigenvalue weighted by Crippen LogP contribution is 2.39. The van der Waals surface area contributed by atoms with Crippen molar-refractivity contribution in [1.82, 2.24) is 79.7 Å². The lowest BCUT2D eigenvalue weighted by atomic mass is 10.0. The number of halogens is 5. The summed E-state index contributed by atoms with van der Waals surface area (Å²) in [5.74, 6) is 3.03. The van der Waals surface area contributed by atoms with Gasteiger partial charge < -0.3 is 42.4 Å². The largest absolute Gasteiger partial charge is 0.436 e. The summed E-state index contributed by atoms with van der Waals surface area (Å²) in [6.07, 6.45) is 23.4. The molecule has 24 nitrogen and oxygen atoms in total. The van der Waals surface area contributed by atoms with E-state index in [2.05, 4.69) is 179 Å². The maximum Gasteiger partial charge on any atom is 0.247 e. The summed E-state index contributed by atoms with van der Waals surface area (Å²) in [4.78, 5) is 67.3. The van der Waals surface area contributed by atoms with Crippen LogP contribution in [0, 0.1) is 23.3 Å². The zero-order valence-electron chi connectivity index (χ0n) is 77.9. The second-order valence-electron chi connectivity index (χ2n) is 34.7. The molecule has 15 aromatic heterocycles. The molecule has 0 aliphatic heterocycles. The fourth-order valence-electron chi connectivity index (χ4n) is 14.7. The normalized spacial score (nSPS) is 11.7. The molecule has 5 aromatic carbocycles. The molecule has 0 saturated heterocycles. The SMILES string of the molecule is CC(C)c1cc(C2=Cc3c(F)cccc3C2)ncc1Cl.CC(C)c1cnc(CO)c(-c2cc3ccccc3[nH]2)c1.CC(C)c1cnc(CO)c(-c2nc3c(F)cccc3o2)c1.CC(C)c1cnc(CO)c(-c2nc3ncccc3o2)c1.CC(C)c1cncc(-c2nc3c(F)cccc3o2)c1.CC(C)c1cncc(-c2nc3c(F)cccc3o2)n1.CC(C)c1cncc(-c2nc3ncccc3o2)c1. The van der Waals surface area contributed by atoms with E-state index < -0.39 is 11.6 Å². The molecule has 0 saturated carbocycles. The molecule has 20 aromatic rings. The lowest BCUT2D eigenvalue weighted by Crippen LogP contribution is -1.98. The number of nitrogens with one attached hydrogen (secondary N) is 1. The molecule has 137 heavy (non-hydrogen) atoms. The summed E-state index contributed by atoms with van der Waals surface area (Å²) in [6, 6.07) is 48.7. The van der Waals surface area contributed by atoms with Gasteiger partial charge in [-0.05, 0) is 207 Å². The molecule has 21 rings (SSSR count). The highest BCUT2D eigenvalue weighted by molar-refractivity contribution is 6.31. The smallest absolute Gasteiger partial charge is 0.247 e. The third-order valence-corrected chi connectivity index (χ3v) is 22.9. The maximum atomic E-state index is 13.8. The molecular formula is C108H101ClF4N16O8. The van der Waals surface area contributed by atoms with Crippen LogP contribution in [0.15, 0.2) is 260 Å². The number of aliphatic hydroxyl groups excluding tert-OH is 3. The Labute approximate surface area is 792 Å². The number of nitrogens with zero attached hydrogens (tertiary/aromatic N) is 15. The summed E-state index contributed by atoms with van der Waals surface area (Å²) < 4.78 is 82.7. The average Bonchev–Trinajstić information content (AvgIpc) is 1.74. The van der Waals surface area contributed by atoms with Crippen molar-refractivity contribution in [3.8, 4) is 68.7 Å². The van der Waals surface area contributed by atoms with Crippen LogP contribution in [0.2, 0.25) is 5.02 Å². The fraction of sp³-hybridized carbons (Fsp3) is 0.231. The van der Waals surface area contributed by atoms with Crippen LogP contribution in [-0.4, -0.2) is 95.1 Å². The van der Waals surface area contributed by atoms with Crippen molar-refractivity contribution in [3.05, 3.63) is 339 Å². The standard InChI is InChI=1S/C17H15ClFN.C17H18N2O.C16H15FN2O2.C15H13FN2O.C15H15N3O2.C14H12FN3O.C14H13N3O/c1-10(2)13-8-17(20-9-15(13)18)12-6-11-4-3-5-16(19)14(11)7-12;1-11(2)13-7-14(17(10-20)18-9-13)16-8-12-5-3-4-6-15(12)19-16;1-9(2)10-6-11(13(8-20)18-7-10)16-19-15-12(17)4-3-5-14(15)21-16;1-9(2)10-6-11(8-17-7-10)15-18-14-12(16)4-3-5-13(14)19-15;1-9(2)10-6-11(12(8-19)17-7-10)15-18-14-13(20-15)4-3-5-16-14;1-8(2)10-6-16-7-11(17-10)14-18-13-9(15)4-3-5-12(13)19-14;1-9(2)10-6-11(8-15-7-10)14-17-13-12(18-14)4-3-5-16-13/h3-5,7-10H,6H2,1-2H3;3-9,11,19-20H,10H2,1-2H3;3-7,9,20H,8H2,1-2H3;3-9H,1-2H3;3-7,9,19H,8H2,1-2H3;3-8H,1-2H3;3-9H,1-2H3. The summed E-state index contributed by atoms with van der Waals surface area (Å²) in [5.41, 5.74) is 23.8. The van der Waals surface area contributed by atoms with E-state index in [0.717, 1.165) is 84.7 Å². The Morgan fingerprint density at radius 3 is 1.28 bits per heavy atom. The minimum absolute atomic E-state index is 0.0525. The van der Waals surface area contributed by atoms with Crippen LogP contribution in [0.4, 0.5) is 17.6 Å². The van der Waals surface area contributed by atoms with Gasteiger partial charge in [0.25, 0.3) is 0 Å². The Morgan fingerprint density at radius 2 is 0.788 bits per heavy atom. The second-order valence-corrected chi connectivity index (χ2v) is 35.1. The van der Waals surface area contributed by atoms with Crippen LogP contribution in [0.25, 0.3) is 147 Å². The third kappa shape index (κ3) is 22.8. The fourth-order valence-corrected chi connectivity index (χ4v) is 15.0. The number of oxazole rings is 5. The van der Waals surface area contributed by atoms with Gasteiger partial charge in [-0.15, -0.1) is 0 Å². The van der Waals surface area contributed by atoms with Gasteiger partial charge in [0.1, 0.15) is 28.1 Å². The molecule has 0 spiro atoms. The van der Waals surface area contributed by atoms with Gasteiger partial charge in [-0.2, -0.15) is 9.97 Å². The van der Waals surface area contributed by atoms with E-state index in [1.165, 1.54) is 40.8 Å². The lowest BCUT2D eigenvalue weighted by Gasteiger charge is -2.10. The van der Waals surface area contributed by atoms with Crippen molar-refractivity contribution < 1.29 is 55.0 Å². The molecule has 1 aliphatic rings. The predicted molar refractivity (Wildman–Crippen MR) is 525 cm³/mol. The van der Waals surface area contributed by atoms with Gasteiger partial charge in [-0.1, -0.05) is 157 Å². The number of hydrogen-bond donors (Lipinski definition) is 4. The van der Waals surface area contributed by atoms with Crippen LogP contribution in [0.5, 0.6) is 0 Å². The molecule has 1 aliphatic carbocycles. The molecule has 0 unspecified atom stereocenters. The van der Waals surface area contributed by atoms with Gasteiger partial charge in [-0.3, -0.25) is 34.9 Å². The van der Waals surface area contributed by atoms with E-state index in [0.29, 0.717) is 125 Å². The van der Waals surface area contributed by atoms with Gasteiger partial charge in [0, 0.05) is 102 Å². The quantitative estimate of drug-likeness (QED) is 0.0615. The van der Waals surface area contributed by atoms with Gasteiger partial charge in [0.05, 0.1) is 81.8 Å². The minimum Gasteiger partial charge on any atom is -0.436 e. The Kier molecular flexibility index (Phi) is 30.6. The lowest BCUT2D eigenvalue weighted by molar-refractivity contribution is 0.277. The van der Waals surface area contributed by atoms with E-state index in [-0.39, 0.29) is 71.6 Å². The number of H-pyrrole nitrogens is 1. The van der Waals surface area contributed by atoms with E-state index in [4.69, 9.17) is 33.7 Å². The van der Waals surface area contributed by atoms with Crippen LogP contribution < -0.4 is 0 Å². The zero-order valence-corrected chi connectivity index (χ0v) is 78.7. The molecule has 0 radical (unpaired) electrons.